The van der Waals surface area contributed by atoms with Crippen LogP contribution in [0, 0.1) is 0 Å². The smallest absolute Gasteiger partial charge is 0.193 e. The first-order valence-electron chi connectivity index (χ1n) is 9.89. The molecule has 0 fully saturated rings. The molecule has 0 saturated heterocycles. The lowest BCUT2D eigenvalue weighted by molar-refractivity contribution is 0.269. The van der Waals surface area contributed by atoms with Gasteiger partial charge < -0.3 is 19.9 Å². The van der Waals surface area contributed by atoms with Gasteiger partial charge in [0.15, 0.2) is 5.96 Å². The Morgan fingerprint density at radius 1 is 1.12 bits per heavy atom. The van der Waals surface area contributed by atoms with Gasteiger partial charge in [-0.25, -0.2) is 0 Å². The number of guanidine groups is 1. The summed E-state index contributed by atoms with van der Waals surface area (Å²) in [5, 5.41) is 3.39. The molecular formula is C21H38N4O. The zero-order chi connectivity index (χ0) is 19.4. The second kappa shape index (κ2) is 12.6. The Hall–Kier alpha value is -1.75. The average Bonchev–Trinajstić information content (AvgIpc) is 2.62. The number of unbranched alkanes of at least 4 members (excludes halogenated alkanes) is 1. The SMILES string of the molecule is CCNC(=NCCCCN(C)C(C)C)N(C)Cc1ccc(OCC)cc1. The van der Waals surface area contributed by atoms with Crippen LogP contribution < -0.4 is 10.1 Å². The highest BCUT2D eigenvalue weighted by atomic mass is 16.5. The number of hydrogen-bond donors (Lipinski definition) is 1. The van der Waals surface area contributed by atoms with Gasteiger partial charge in [0, 0.05) is 32.7 Å². The van der Waals surface area contributed by atoms with Crippen molar-refractivity contribution in [1.29, 1.82) is 0 Å². The van der Waals surface area contributed by atoms with E-state index >= 15 is 0 Å². The van der Waals surface area contributed by atoms with Gasteiger partial charge in [-0.15, -0.1) is 0 Å². The van der Waals surface area contributed by atoms with Crippen molar-refractivity contribution in [2.75, 3.05) is 40.3 Å². The highest BCUT2D eigenvalue weighted by molar-refractivity contribution is 5.79. The van der Waals surface area contributed by atoms with Crippen molar-refractivity contribution >= 4 is 5.96 Å². The van der Waals surface area contributed by atoms with Gasteiger partial charge in [0.1, 0.15) is 5.75 Å². The number of ether oxygens (including phenoxy) is 1. The van der Waals surface area contributed by atoms with Crippen LogP contribution in [-0.2, 0) is 6.54 Å². The molecule has 0 radical (unpaired) electrons. The molecular weight excluding hydrogens is 324 g/mol. The highest BCUT2D eigenvalue weighted by Gasteiger charge is 2.07. The molecule has 0 saturated carbocycles. The topological polar surface area (TPSA) is 40.1 Å². The van der Waals surface area contributed by atoms with Crippen molar-refractivity contribution in [3.05, 3.63) is 29.8 Å². The van der Waals surface area contributed by atoms with Gasteiger partial charge >= 0.3 is 0 Å². The molecule has 0 atom stereocenters. The van der Waals surface area contributed by atoms with Gasteiger partial charge in [-0.3, -0.25) is 4.99 Å². The third-order valence-corrected chi connectivity index (χ3v) is 4.41. The van der Waals surface area contributed by atoms with E-state index in [-0.39, 0.29) is 0 Å². The molecule has 0 aliphatic carbocycles. The van der Waals surface area contributed by atoms with E-state index in [4.69, 9.17) is 9.73 Å². The lowest BCUT2D eigenvalue weighted by Crippen LogP contribution is -2.38. The van der Waals surface area contributed by atoms with Gasteiger partial charge in [-0.1, -0.05) is 12.1 Å². The third kappa shape index (κ3) is 8.56. The zero-order valence-corrected chi connectivity index (χ0v) is 17.6. The number of nitrogens with zero attached hydrogens (tertiary/aromatic N) is 3. The van der Waals surface area contributed by atoms with Crippen LogP contribution in [0.4, 0.5) is 0 Å². The molecule has 26 heavy (non-hydrogen) atoms. The molecule has 1 aromatic carbocycles. The van der Waals surface area contributed by atoms with Crippen molar-refractivity contribution in [3.8, 4) is 5.75 Å². The van der Waals surface area contributed by atoms with Crippen LogP contribution in [0.15, 0.2) is 29.3 Å². The summed E-state index contributed by atoms with van der Waals surface area (Å²) in [5.74, 6) is 1.89. The molecule has 0 heterocycles. The fourth-order valence-corrected chi connectivity index (χ4v) is 2.59. The first-order chi connectivity index (χ1) is 12.5. The summed E-state index contributed by atoms with van der Waals surface area (Å²) in [7, 11) is 4.27. The fraction of sp³-hybridized carbons (Fsp3) is 0.667. The Bertz CT molecular complexity index is 513. The number of aliphatic imine (C=N–C) groups is 1. The van der Waals surface area contributed by atoms with Gasteiger partial charge in [0.05, 0.1) is 6.61 Å². The minimum absolute atomic E-state index is 0.607. The van der Waals surface area contributed by atoms with E-state index in [1.807, 2.05) is 19.1 Å². The molecule has 1 rings (SSSR count). The molecule has 5 heteroatoms. The minimum atomic E-state index is 0.607. The van der Waals surface area contributed by atoms with Gasteiger partial charge in [-0.05, 0) is 71.8 Å². The second-order valence-corrected chi connectivity index (χ2v) is 6.95. The maximum absolute atomic E-state index is 5.51. The summed E-state index contributed by atoms with van der Waals surface area (Å²) in [6, 6.07) is 8.90. The Morgan fingerprint density at radius 3 is 2.38 bits per heavy atom. The zero-order valence-electron chi connectivity index (χ0n) is 17.6. The lowest BCUT2D eigenvalue weighted by atomic mass is 10.2. The van der Waals surface area contributed by atoms with E-state index < -0.39 is 0 Å². The van der Waals surface area contributed by atoms with Gasteiger partial charge in [0.25, 0.3) is 0 Å². The third-order valence-electron chi connectivity index (χ3n) is 4.41. The molecule has 0 bridgehead atoms. The van der Waals surface area contributed by atoms with Crippen molar-refractivity contribution in [2.24, 2.45) is 4.99 Å². The minimum Gasteiger partial charge on any atom is -0.494 e. The normalized spacial score (nSPS) is 11.9. The number of rotatable bonds is 11. The van der Waals surface area contributed by atoms with E-state index in [1.165, 1.54) is 12.0 Å². The van der Waals surface area contributed by atoms with Crippen molar-refractivity contribution < 1.29 is 4.74 Å². The molecule has 0 aliphatic heterocycles. The summed E-state index contributed by atoms with van der Waals surface area (Å²) in [4.78, 5) is 9.35. The van der Waals surface area contributed by atoms with Crippen LogP contribution in [-0.4, -0.2) is 62.1 Å². The van der Waals surface area contributed by atoms with Crippen molar-refractivity contribution in [2.45, 2.75) is 53.1 Å². The first-order valence-corrected chi connectivity index (χ1v) is 9.89. The van der Waals surface area contributed by atoms with E-state index in [9.17, 15) is 0 Å². The summed E-state index contributed by atoms with van der Waals surface area (Å²) >= 11 is 0. The summed E-state index contributed by atoms with van der Waals surface area (Å²) in [6.07, 6.45) is 2.29. The van der Waals surface area contributed by atoms with Crippen LogP contribution >= 0.6 is 0 Å². The molecule has 1 aromatic rings. The Labute approximate surface area is 160 Å². The molecule has 0 unspecified atom stereocenters. The van der Waals surface area contributed by atoms with Crippen LogP contribution in [0.2, 0.25) is 0 Å². The lowest BCUT2D eigenvalue weighted by Gasteiger charge is -2.23. The van der Waals surface area contributed by atoms with Crippen LogP contribution in [0.25, 0.3) is 0 Å². The molecule has 0 amide bonds. The molecule has 148 valence electrons. The van der Waals surface area contributed by atoms with Gasteiger partial charge in [-0.2, -0.15) is 0 Å². The maximum Gasteiger partial charge on any atom is 0.193 e. The predicted molar refractivity (Wildman–Crippen MR) is 112 cm³/mol. The monoisotopic (exact) mass is 362 g/mol. The maximum atomic E-state index is 5.51. The van der Waals surface area contributed by atoms with Crippen LogP contribution in [0.5, 0.6) is 5.75 Å². The summed E-state index contributed by atoms with van der Waals surface area (Å²) < 4.78 is 5.51. The van der Waals surface area contributed by atoms with E-state index in [1.54, 1.807) is 0 Å². The molecule has 0 aromatic heterocycles. The van der Waals surface area contributed by atoms with E-state index in [0.29, 0.717) is 12.6 Å². The Morgan fingerprint density at radius 2 is 1.81 bits per heavy atom. The number of hydrogen-bond acceptors (Lipinski definition) is 3. The summed E-state index contributed by atoms with van der Waals surface area (Å²) in [6.45, 7) is 13.0. The predicted octanol–water partition coefficient (Wildman–Crippen LogP) is 3.60. The molecule has 1 N–H and O–H groups in total. The quantitative estimate of drug-likeness (QED) is 0.371. The van der Waals surface area contributed by atoms with Crippen molar-refractivity contribution in [3.63, 3.8) is 0 Å². The van der Waals surface area contributed by atoms with E-state index in [0.717, 1.165) is 44.3 Å². The standard InChI is InChI=1S/C21H38N4O/c1-7-22-21(23-15-9-10-16-24(5)18(3)4)25(6)17-19-11-13-20(14-12-19)26-8-2/h11-14,18H,7-10,15-17H2,1-6H3,(H,22,23). The van der Waals surface area contributed by atoms with Crippen molar-refractivity contribution in [1.82, 2.24) is 15.1 Å². The largest absolute Gasteiger partial charge is 0.494 e. The first kappa shape index (κ1) is 22.3. The molecule has 0 spiro atoms. The van der Waals surface area contributed by atoms with Crippen LogP contribution in [0.1, 0.15) is 46.1 Å². The number of benzene rings is 1. The summed E-state index contributed by atoms with van der Waals surface area (Å²) in [5.41, 5.74) is 1.25. The molecule has 0 aliphatic rings. The fourth-order valence-electron chi connectivity index (χ4n) is 2.59. The average molecular weight is 363 g/mol. The second-order valence-electron chi connectivity index (χ2n) is 6.95. The molecule has 5 nitrogen and oxygen atoms in total. The van der Waals surface area contributed by atoms with E-state index in [2.05, 4.69) is 62.1 Å². The van der Waals surface area contributed by atoms with Gasteiger partial charge in [0.2, 0.25) is 0 Å². The Balaban J connectivity index is 2.50. The Kier molecular flexibility index (Phi) is 10.8. The van der Waals surface area contributed by atoms with Crippen LogP contribution in [0.3, 0.4) is 0 Å². The number of nitrogens with one attached hydrogen (secondary N) is 1. The highest BCUT2D eigenvalue weighted by Crippen LogP contribution is 2.13.